The Balaban J connectivity index is 1.68. The minimum atomic E-state index is -4.78. The summed E-state index contributed by atoms with van der Waals surface area (Å²) < 4.78 is 99.7. The van der Waals surface area contributed by atoms with E-state index in [1.807, 2.05) is 5.32 Å². The van der Waals surface area contributed by atoms with Crippen LogP contribution in [0.1, 0.15) is 33.9 Å². The summed E-state index contributed by atoms with van der Waals surface area (Å²) in [6.45, 7) is -1.07. The van der Waals surface area contributed by atoms with Gasteiger partial charge in [-0.1, -0.05) is 33.6 Å². The van der Waals surface area contributed by atoms with Crippen molar-refractivity contribution in [3.8, 4) is 5.75 Å². The first kappa shape index (κ1) is 32.5. The molecule has 2 amide bonds. The van der Waals surface area contributed by atoms with E-state index in [4.69, 9.17) is 16.3 Å². The minimum absolute atomic E-state index is 0.0234. The molecule has 3 aromatic carbocycles. The number of amides is 2. The molecule has 3 aromatic rings. The van der Waals surface area contributed by atoms with Gasteiger partial charge in [-0.2, -0.15) is 13.2 Å². The highest BCUT2D eigenvalue weighted by Gasteiger charge is 2.34. The highest BCUT2D eigenvalue weighted by Crippen LogP contribution is 2.38. The van der Waals surface area contributed by atoms with Crippen LogP contribution in [-0.2, 0) is 21.0 Å². The average molecular weight is 711 g/mol. The number of rotatable bonds is 9. The van der Waals surface area contributed by atoms with Crippen LogP contribution >= 0.6 is 27.5 Å². The third-order valence-electron chi connectivity index (χ3n) is 6.27. The van der Waals surface area contributed by atoms with Gasteiger partial charge in [0.25, 0.3) is 22.4 Å². The zero-order valence-electron chi connectivity index (χ0n) is 21.8. The van der Waals surface area contributed by atoms with E-state index in [1.54, 1.807) is 12.1 Å². The van der Waals surface area contributed by atoms with E-state index in [2.05, 4.69) is 21.2 Å². The third-order valence-corrected chi connectivity index (χ3v) is 8.92. The number of carbonyl (C=O) groups is 2. The van der Waals surface area contributed by atoms with Crippen molar-refractivity contribution in [2.45, 2.75) is 30.0 Å². The number of nitrogens with one attached hydrogen (secondary N) is 2. The van der Waals surface area contributed by atoms with Crippen LogP contribution in [0.4, 0.5) is 27.6 Å². The Morgan fingerprint density at radius 2 is 1.81 bits per heavy atom. The molecule has 0 unspecified atom stereocenters. The number of ether oxygens (including phenoxy) is 1. The lowest BCUT2D eigenvalue weighted by molar-refractivity contribution is -0.137. The molecule has 0 radical (unpaired) electrons. The Labute approximate surface area is 256 Å². The van der Waals surface area contributed by atoms with Crippen LogP contribution in [0.15, 0.2) is 70.0 Å². The fraction of sp³-hybridized carbons (Fsp3) is 0.259. The SMILES string of the molecule is O=C(C[C@H](NC(=O)c1ccc2c(c1)N(S(=O)(=O)c1cccc(Br)c1)CCO2)c1cc(C(F)(F)F)ccc1Cl)NCC(F)F. The molecule has 1 atom stereocenters. The molecule has 0 saturated carbocycles. The molecule has 0 aromatic heterocycles. The molecule has 0 fully saturated rings. The predicted molar refractivity (Wildman–Crippen MR) is 151 cm³/mol. The van der Waals surface area contributed by atoms with Crippen molar-refractivity contribution in [2.75, 3.05) is 24.0 Å². The molecule has 8 nitrogen and oxygen atoms in total. The maximum absolute atomic E-state index is 13.5. The van der Waals surface area contributed by atoms with Crippen molar-refractivity contribution >= 4 is 55.1 Å². The Hall–Kier alpha value is -3.43. The summed E-state index contributed by atoms with van der Waals surface area (Å²) >= 11 is 9.39. The number of carbonyl (C=O) groups excluding carboxylic acids is 2. The van der Waals surface area contributed by atoms with Crippen molar-refractivity contribution in [3.63, 3.8) is 0 Å². The largest absolute Gasteiger partial charge is 0.489 e. The number of nitrogens with zero attached hydrogens (tertiary/aromatic N) is 1. The van der Waals surface area contributed by atoms with E-state index >= 15 is 0 Å². The highest BCUT2D eigenvalue weighted by atomic mass is 79.9. The number of hydrogen-bond donors (Lipinski definition) is 2. The van der Waals surface area contributed by atoms with Crippen LogP contribution in [0.2, 0.25) is 5.02 Å². The maximum Gasteiger partial charge on any atom is 0.416 e. The number of halogens is 7. The standard InChI is InChI=1S/C27H22BrClF5N3O5S/c28-17-2-1-3-18(12-17)43(40,41)37-8-9-42-23-7-4-15(10-22(23)37)26(39)36-21(13-25(38)35-14-24(30)31)19-11-16(27(32,33)34)5-6-20(19)29/h1-7,10-12,21,24H,8-9,13-14H2,(H,35,38)(H,36,39)/t21-/m0/s1. The van der Waals surface area contributed by atoms with E-state index in [-0.39, 0.29) is 45.6 Å². The van der Waals surface area contributed by atoms with Crippen molar-refractivity contribution in [2.24, 2.45) is 0 Å². The Morgan fingerprint density at radius 1 is 1.07 bits per heavy atom. The van der Waals surface area contributed by atoms with Crippen LogP contribution in [0, 0.1) is 0 Å². The molecule has 0 bridgehead atoms. The second-order valence-electron chi connectivity index (χ2n) is 9.22. The fourth-order valence-electron chi connectivity index (χ4n) is 4.25. The number of anilines is 1. The first-order valence-electron chi connectivity index (χ1n) is 12.4. The molecule has 16 heteroatoms. The first-order chi connectivity index (χ1) is 20.2. The van der Waals surface area contributed by atoms with Gasteiger partial charge < -0.3 is 15.4 Å². The Bertz CT molecular complexity index is 1640. The molecule has 2 N–H and O–H groups in total. The van der Waals surface area contributed by atoms with E-state index in [0.717, 1.165) is 10.4 Å². The molecule has 1 heterocycles. The number of alkyl halides is 5. The molecule has 230 valence electrons. The number of sulfonamides is 1. The summed E-state index contributed by atoms with van der Waals surface area (Å²) in [4.78, 5) is 25.7. The highest BCUT2D eigenvalue weighted by molar-refractivity contribution is 9.10. The molecule has 1 aliphatic rings. The lowest BCUT2D eigenvalue weighted by atomic mass is 9.99. The lowest BCUT2D eigenvalue weighted by Gasteiger charge is -2.31. The Kier molecular flexibility index (Phi) is 9.86. The second kappa shape index (κ2) is 13.1. The van der Waals surface area contributed by atoms with Crippen molar-refractivity contribution in [3.05, 3.63) is 86.8 Å². The topological polar surface area (TPSA) is 105 Å². The van der Waals surface area contributed by atoms with Crippen LogP contribution in [0.5, 0.6) is 5.75 Å². The second-order valence-corrected chi connectivity index (χ2v) is 12.4. The molecule has 0 saturated heterocycles. The van der Waals surface area contributed by atoms with E-state index < -0.39 is 59.0 Å². The van der Waals surface area contributed by atoms with Gasteiger partial charge in [0.05, 0.1) is 41.7 Å². The lowest BCUT2D eigenvalue weighted by Crippen LogP contribution is -2.38. The normalized spacial score (nSPS) is 14.1. The summed E-state index contributed by atoms with van der Waals surface area (Å²) in [5, 5.41) is 4.16. The molecule has 43 heavy (non-hydrogen) atoms. The van der Waals surface area contributed by atoms with Gasteiger partial charge in [-0.05, 0) is 60.2 Å². The van der Waals surface area contributed by atoms with E-state index in [9.17, 15) is 40.0 Å². The number of hydrogen-bond acceptors (Lipinski definition) is 5. The zero-order valence-corrected chi connectivity index (χ0v) is 25.0. The summed E-state index contributed by atoms with van der Waals surface area (Å²) in [7, 11) is -4.11. The summed E-state index contributed by atoms with van der Waals surface area (Å²) in [5.74, 6) is -1.73. The van der Waals surface area contributed by atoms with Crippen molar-refractivity contribution in [1.29, 1.82) is 0 Å². The van der Waals surface area contributed by atoms with E-state index in [0.29, 0.717) is 16.6 Å². The van der Waals surface area contributed by atoms with Crippen LogP contribution in [-0.4, -0.2) is 46.4 Å². The van der Waals surface area contributed by atoms with Crippen molar-refractivity contribution in [1.82, 2.24) is 10.6 Å². The van der Waals surface area contributed by atoms with Crippen LogP contribution < -0.4 is 19.7 Å². The number of fused-ring (bicyclic) bond motifs is 1. The molecule has 1 aliphatic heterocycles. The van der Waals surface area contributed by atoms with Gasteiger partial charge in [-0.25, -0.2) is 17.2 Å². The zero-order chi connectivity index (χ0) is 31.5. The molecular formula is C27H22BrClF5N3O5S. The Morgan fingerprint density at radius 3 is 2.49 bits per heavy atom. The quantitative estimate of drug-likeness (QED) is 0.267. The molecule has 4 rings (SSSR count). The molecule has 0 spiro atoms. The third kappa shape index (κ3) is 7.75. The summed E-state index contributed by atoms with van der Waals surface area (Å²) in [6.07, 6.45) is -8.40. The predicted octanol–water partition coefficient (Wildman–Crippen LogP) is 5.95. The molecular weight excluding hydrogens is 689 g/mol. The summed E-state index contributed by atoms with van der Waals surface area (Å²) in [5.41, 5.74) is -1.49. The van der Waals surface area contributed by atoms with Crippen LogP contribution in [0.3, 0.4) is 0 Å². The van der Waals surface area contributed by atoms with Gasteiger partial charge in [0.2, 0.25) is 5.91 Å². The fourth-order valence-corrected chi connectivity index (χ4v) is 6.55. The van der Waals surface area contributed by atoms with Gasteiger partial charge in [0.15, 0.2) is 0 Å². The number of benzene rings is 3. The van der Waals surface area contributed by atoms with Gasteiger partial charge in [0.1, 0.15) is 12.4 Å². The van der Waals surface area contributed by atoms with Crippen LogP contribution in [0.25, 0.3) is 0 Å². The van der Waals surface area contributed by atoms with Gasteiger partial charge in [-0.3, -0.25) is 13.9 Å². The van der Waals surface area contributed by atoms with Crippen molar-refractivity contribution < 1.29 is 44.7 Å². The van der Waals surface area contributed by atoms with Gasteiger partial charge in [0, 0.05) is 15.1 Å². The minimum Gasteiger partial charge on any atom is -0.489 e. The smallest absolute Gasteiger partial charge is 0.416 e. The average Bonchev–Trinajstić information content (AvgIpc) is 2.94. The maximum atomic E-state index is 13.5. The van der Waals surface area contributed by atoms with Gasteiger partial charge in [-0.15, -0.1) is 0 Å². The first-order valence-corrected chi connectivity index (χ1v) is 15.1. The summed E-state index contributed by atoms with van der Waals surface area (Å²) in [6, 6.07) is 10.7. The van der Waals surface area contributed by atoms with E-state index in [1.165, 1.54) is 30.3 Å². The van der Waals surface area contributed by atoms with Gasteiger partial charge >= 0.3 is 6.18 Å². The monoisotopic (exact) mass is 709 g/mol. The molecule has 0 aliphatic carbocycles.